The van der Waals surface area contributed by atoms with Gasteiger partial charge in [0.2, 0.25) is 0 Å². The molecule has 13 nitrogen and oxygen atoms in total. The van der Waals surface area contributed by atoms with E-state index in [4.69, 9.17) is 18.0 Å². The van der Waals surface area contributed by atoms with Crippen LogP contribution in [0.15, 0.2) is 101 Å². The van der Waals surface area contributed by atoms with E-state index in [1.807, 2.05) is 43.3 Å². The van der Waals surface area contributed by atoms with Gasteiger partial charge in [-0.3, -0.25) is 18.9 Å². The Morgan fingerprint density at radius 1 is 0.840 bits per heavy atom. The molecule has 0 aromatic heterocycles. The molecule has 2 bridgehead atoms. The third kappa shape index (κ3) is 12.9. The van der Waals surface area contributed by atoms with Crippen molar-refractivity contribution in [2.45, 2.75) is 56.8 Å². The minimum Gasteiger partial charge on any atom is -0.462 e. The first-order chi connectivity index (χ1) is 23.3. The smallest absolute Gasteiger partial charge is 0.339 e. The van der Waals surface area contributed by atoms with Crippen LogP contribution in [0.3, 0.4) is 0 Å². The number of benzene rings is 3. The number of carbonyl (C=O) groups is 1. The topological polar surface area (TPSA) is 185 Å². The van der Waals surface area contributed by atoms with Crippen LogP contribution in [0.5, 0.6) is 0 Å². The maximum atomic E-state index is 13.5. The highest BCUT2D eigenvalue weighted by atomic mass is 32.2. The second-order valence-corrected chi connectivity index (χ2v) is 16.4. The lowest BCUT2D eigenvalue weighted by Crippen LogP contribution is -2.62. The number of carbonyl (C=O) groups excluding carboxylic acids is 1. The van der Waals surface area contributed by atoms with Crippen LogP contribution in [0.25, 0.3) is 0 Å². The van der Waals surface area contributed by atoms with Crippen LogP contribution in [-0.4, -0.2) is 94.4 Å². The van der Waals surface area contributed by atoms with Crippen LogP contribution < -0.4 is 0 Å². The largest absolute Gasteiger partial charge is 0.462 e. The van der Waals surface area contributed by atoms with Gasteiger partial charge >= 0.3 is 16.1 Å². The van der Waals surface area contributed by atoms with Crippen molar-refractivity contribution in [1.29, 1.82) is 0 Å². The Kier molecular flexibility index (Phi) is 14.3. The molecule has 0 radical (unpaired) electrons. The number of hydrogen-bond acceptors (Lipinski definition) is 11. The van der Waals surface area contributed by atoms with Crippen LogP contribution in [0, 0.1) is 6.92 Å². The Morgan fingerprint density at radius 2 is 1.36 bits per heavy atom. The van der Waals surface area contributed by atoms with E-state index in [0.717, 1.165) is 17.7 Å². The quantitative estimate of drug-likeness (QED) is 0.180. The molecule has 2 N–H and O–H groups in total. The first kappa shape index (κ1) is 40.8. The number of nitrogens with zero attached hydrogens (tertiary/aromatic N) is 2. The van der Waals surface area contributed by atoms with Gasteiger partial charge < -0.3 is 8.92 Å². The molecule has 1 fully saturated rings. The lowest BCUT2D eigenvalue weighted by Gasteiger charge is -2.52. The van der Waals surface area contributed by atoms with E-state index in [0.29, 0.717) is 25.6 Å². The number of rotatable bonds is 9. The Morgan fingerprint density at radius 3 is 1.88 bits per heavy atom. The molecule has 3 atom stereocenters. The average Bonchev–Trinajstić information content (AvgIpc) is 3.00. The minimum absolute atomic E-state index is 0.00485. The molecule has 50 heavy (non-hydrogen) atoms. The molecule has 1 saturated heterocycles. The van der Waals surface area contributed by atoms with Crippen molar-refractivity contribution in [3.05, 3.63) is 113 Å². The van der Waals surface area contributed by atoms with Gasteiger partial charge in [-0.15, -0.1) is 0 Å². The molecule has 0 spiro atoms. The highest BCUT2D eigenvalue weighted by Gasteiger charge is 2.48. The van der Waals surface area contributed by atoms with Crippen molar-refractivity contribution in [2.24, 2.45) is 0 Å². The fourth-order valence-corrected chi connectivity index (χ4v) is 6.85. The fourth-order valence-electron chi connectivity index (χ4n) is 5.86. The molecule has 3 aromatic rings. The standard InChI is InChI=1S/C32H36N2O5S.2CH4O3S/c1-4-38-32(35)31-29-22-33(20-25-11-7-5-8-12-25)21-27(34(29)24(3)26-13-9-6-10-14-26)19-30(31)39-40(36,37)28-17-15-23(2)16-18-28;2*1-5(2,3)4/h5-18,24,27,29H,4,19-22H2,1-3H3;2*1H3,(H,2,3,4)/t24-,27-,29-;;/m1../s1. The molecule has 2 aliphatic heterocycles. The molecule has 3 aromatic carbocycles. The van der Waals surface area contributed by atoms with Gasteiger partial charge in [-0.05, 0) is 44.0 Å². The van der Waals surface area contributed by atoms with Gasteiger partial charge in [0.25, 0.3) is 20.2 Å². The molecule has 5 rings (SSSR count). The van der Waals surface area contributed by atoms with Crippen LogP contribution >= 0.6 is 0 Å². The molecular weight excluding hydrogens is 709 g/mol. The van der Waals surface area contributed by atoms with E-state index < -0.39 is 42.4 Å². The Balaban J connectivity index is 0.000000595. The highest BCUT2D eigenvalue weighted by molar-refractivity contribution is 7.87. The Labute approximate surface area is 295 Å². The summed E-state index contributed by atoms with van der Waals surface area (Å²) in [5, 5.41) is 0. The van der Waals surface area contributed by atoms with E-state index >= 15 is 0 Å². The molecular formula is C34H44N2O11S3. The molecule has 0 unspecified atom stereocenters. The monoisotopic (exact) mass is 752 g/mol. The highest BCUT2D eigenvalue weighted by Crippen LogP contribution is 2.41. The number of aryl methyl sites for hydroxylation is 1. The number of piperazine rings is 1. The number of hydrogen-bond donors (Lipinski definition) is 2. The van der Waals surface area contributed by atoms with Crippen LogP contribution in [0.4, 0.5) is 0 Å². The van der Waals surface area contributed by atoms with Gasteiger partial charge in [0, 0.05) is 38.1 Å². The number of esters is 1. The summed E-state index contributed by atoms with van der Waals surface area (Å²) in [5.74, 6) is -0.350. The molecule has 16 heteroatoms. The molecule has 274 valence electrons. The molecule has 0 saturated carbocycles. The van der Waals surface area contributed by atoms with E-state index in [2.05, 4.69) is 41.0 Å². The van der Waals surface area contributed by atoms with Gasteiger partial charge in [0.05, 0.1) is 30.7 Å². The van der Waals surface area contributed by atoms with E-state index in [1.165, 1.54) is 17.7 Å². The van der Waals surface area contributed by atoms with Crippen molar-refractivity contribution >= 4 is 36.3 Å². The van der Waals surface area contributed by atoms with Crippen molar-refractivity contribution in [2.75, 3.05) is 32.2 Å². The van der Waals surface area contributed by atoms with Gasteiger partial charge in [0.15, 0.2) is 0 Å². The van der Waals surface area contributed by atoms with Gasteiger partial charge in [0.1, 0.15) is 10.7 Å². The summed E-state index contributed by atoms with van der Waals surface area (Å²) < 4.78 is 89.8. The van der Waals surface area contributed by atoms with Gasteiger partial charge in [-0.1, -0.05) is 78.4 Å². The first-order valence-electron chi connectivity index (χ1n) is 15.6. The van der Waals surface area contributed by atoms with Crippen LogP contribution in [-0.2, 0) is 50.6 Å². The second kappa shape index (κ2) is 17.5. The van der Waals surface area contributed by atoms with Crippen LogP contribution in [0.1, 0.15) is 43.0 Å². The lowest BCUT2D eigenvalue weighted by atomic mass is 9.86. The Hall–Kier alpha value is -3.64. The molecule has 2 heterocycles. The first-order valence-corrected chi connectivity index (χ1v) is 20.7. The van der Waals surface area contributed by atoms with Crippen molar-refractivity contribution in [3.8, 4) is 0 Å². The van der Waals surface area contributed by atoms with Crippen molar-refractivity contribution in [1.82, 2.24) is 9.80 Å². The molecule has 2 aliphatic rings. The summed E-state index contributed by atoms with van der Waals surface area (Å²) >= 11 is 0. The lowest BCUT2D eigenvalue weighted by molar-refractivity contribution is -0.141. The fraction of sp³-hybridized carbons (Fsp3) is 0.382. The summed E-state index contributed by atoms with van der Waals surface area (Å²) in [6.07, 6.45) is 1.71. The summed E-state index contributed by atoms with van der Waals surface area (Å²) in [6.45, 7) is 7.93. The van der Waals surface area contributed by atoms with Gasteiger partial charge in [-0.25, -0.2) is 4.79 Å². The zero-order valence-corrected chi connectivity index (χ0v) is 31.0. The zero-order chi connectivity index (χ0) is 37.3. The third-order valence-electron chi connectivity index (χ3n) is 7.73. The number of fused-ring (bicyclic) bond motifs is 2. The third-order valence-corrected chi connectivity index (χ3v) is 9.00. The summed E-state index contributed by atoms with van der Waals surface area (Å²) in [6, 6.07) is 26.5. The van der Waals surface area contributed by atoms with Crippen molar-refractivity contribution in [3.63, 3.8) is 0 Å². The van der Waals surface area contributed by atoms with E-state index in [9.17, 15) is 30.0 Å². The maximum Gasteiger partial charge on any atom is 0.339 e. The van der Waals surface area contributed by atoms with E-state index in [-0.39, 0.29) is 41.3 Å². The molecule has 0 amide bonds. The van der Waals surface area contributed by atoms with Crippen LogP contribution in [0.2, 0.25) is 0 Å². The minimum atomic E-state index is -4.14. The SMILES string of the molecule is CCOC(=O)C1=C(OS(=O)(=O)c2ccc(C)cc2)C[C@@H]2CN(Cc3ccccc3)C[C@H]1N2[C@H](C)c1ccccc1.CS(=O)(=O)O.CS(=O)(=O)O. The van der Waals surface area contributed by atoms with E-state index in [1.54, 1.807) is 19.1 Å². The molecule has 0 aliphatic carbocycles. The predicted octanol–water partition coefficient (Wildman–Crippen LogP) is 4.25. The maximum absolute atomic E-state index is 13.5. The summed E-state index contributed by atoms with van der Waals surface area (Å²) in [7, 11) is -11.5. The second-order valence-electron chi connectivity index (χ2n) is 12.0. The predicted molar refractivity (Wildman–Crippen MR) is 189 cm³/mol. The van der Waals surface area contributed by atoms with Gasteiger partial charge in [-0.2, -0.15) is 25.3 Å². The average molecular weight is 753 g/mol. The zero-order valence-electron chi connectivity index (χ0n) is 28.5. The Bertz CT molecular complexity index is 1890. The number of ether oxygens (including phenoxy) is 1. The summed E-state index contributed by atoms with van der Waals surface area (Å²) in [4.78, 5) is 18.3. The van der Waals surface area contributed by atoms with Crippen molar-refractivity contribution < 1.29 is 48.1 Å². The normalized spacial score (nSPS) is 18.9. The summed E-state index contributed by atoms with van der Waals surface area (Å²) in [5.41, 5.74) is 3.55.